The number of benzene rings is 1. The molecular weight excluding hydrogens is 338 g/mol. The Morgan fingerprint density at radius 1 is 1.35 bits per heavy atom. The molecule has 3 rings (SSSR count). The van der Waals surface area contributed by atoms with Gasteiger partial charge in [0.25, 0.3) is 0 Å². The number of ether oxygens (including phenoxy) is 1. The fourth-order valence-corrected chi connectivity index (χ4v) is 3.72. The molecule has 20 heavy (non-hydrogen) atoms. The van der Waals surface area contributed by atoms with Gasteiger partial charge in [0.1, 0.15) is 11.3 Å². The second-order valence-corrected chi connectivity index (χ2v) is 6.95. The third-order valence-corrected chi connectivity index (χ3v) is 4.89. The lowest BCUT2D eigenvalue weighted by Gasteiger charge is -2.06. The van der Waals surface area contributed by atoms with E-state index in [1.54, 1.807) is 18.4 Å². The number of fused-ring (bicyclic) bond motifs is 1. The highest BCUT2D eigenvalue weighted by Gasteiger charge is 2.12. The number of nitrogens with zero attached hydrogens (tertiary/aromatic N) is 2. The van der Waals surface area contributed by atoms with Crippen molar-refractivity contribution in [3.05, 3.63) is 39.0 Å². The van der Waals surface area contributed by atoms with Gasteiger partial charge in [-0.1, -0.05) is 6.07 Å². The smallest absolute Gasteiger partial charge is 0.201 e. The van der Waals surface area contributed by atoms with Crippen LogP contribution in [0.25, 0.3) is 11.0 Å². The van der Waals surface area contributed by atoms with Crippen molar-refractivity contribution in [2.45, 2.75) is 13.0 Å². The lowest BCUT2D eigenvalue weighted by atomic mass is 10.3. The normalized spacial score (nSPS) is 11.1. The van der Waals surface area contributed by atoms with Gasteiger partial charge in [-0.2, -0.15) is 0 Å². The molecule has 0 bridgehead atoms. The molecule has 1 aromatic carbocycles. The summed E-state index contributed by atoms with van der Waals surface area (Å²) in [6.45, 7) is 0.808. The largest absolute Gasteiger partial charge is 0.494 e. The molecule has 6 heteroatoms. The minimum Gasteiger partial charge on any atom is -0.494 e. The van der Waals surface area contributed by atoms with Gasteiger partial charge in [-0.25, -0.2) is 4.98 Å². The van der Waals surface area contributed by atoms with Crippen molar-refractivity contribution in [2.24, 2.45) is 0 Å². The molecule has 3 aromatic rings. The van der Waals surface area contributed by atoms with E-state index in [1.165, 1.54) is 4.88 Å². The lowest BCUT2D eigenvalue weighted by molar-refractivity contribution is 0.419. The Kier molecular flexibility index (Phi) is 3.67. The summed E-state index contributed by atoms with van der Waals surface area (Å²) in [5.74, 6) is 1.28. The van der Waals surface area contributed by atoms with Crippen LogP contribution in [0.4, 0.5) is 5.95 Å². The molecule has 0 fully saturated rings. The average molecular weight is 352 g/mol. The average Bonchev–Trinajstić information content (AvgIpc) is 2.99. The van der Waals surface area contributed by atoms with E-state index >= 15 is 0 Å². The number of aromatic nitrogens is 2. The molecular formula is C14H14BrN3OS. The number of nitrogens with two attached hydrogens (primary N) is 1. The van der Waals surface area contributed by atoms with Crippen molar-refractivity contribution >= 4 is 44.2 Å². The standard InChI is InChI=1S/C14H14BrN3OS/c1-19-11-4-2-3-10-13(11)17-14(16)18(10)8-7-9-5-6-12(15)20-9/h2-6H,7-8H2,1H3,(H2,16,17). The molecule has 104 valence electrons. The fourth-order valence-electron chi connectivity index (χ4n) is 2.25. The summed E-state index contributed by atoms with van der Waals surface area (Å²) in [5, 5.41) is 0. The van der Waals surface area contributed by atoms with Crippen LogP contribution in [0.5, 0.6) is 5.75 Å². The van der Waals surface area contributed by atoms with Gasteiger partial charge in [-0.3, -0.25) is 0 Å². The van der Waals surface area contributed by atoms with Crippen LogP contribution in [0, 0.1) is 0 Å². The summed E-state index contributed by atoms with van der Waals surface area (Å²) < 4.78 is 8.51. The number of aryl methyl sites for hydroxylation is 2. The van der Waals surface area contributed by atoms with Crippen molar-refractivity contribution < 1.29 is 4.74 Å². The third kappa shape index (κ3) is 2.41. The Hall–Kier alpha value is -1.53. The first-order valence-corrected chi connectivity index (χ1v) is 7.83. The van der Waals surface area contributed by atoms with E-state index in [1.807, 2.05) is 22.8 Å². The maximum Gasteiger partial charge on any atom is 0.201 e. The SMILES string of the molecule is COc1cccc2c1nc(N)n2CCc1ccc(Br)s1. The highest BCUT2D eigenvalue weighted by atomic mass is 79.9. The molecule has 0 aliphatic heterocycles. The van der Waals surface area contributed by atoms with E-state index in [9.17, 15) is 0 Å². The minimum absolute atomic E-state index is 0.528. The number of thiophene rings is 1. The molecule has 0 atom stereocenters. The Labute approximate surface area is 129 Å². The number of hydrogen-bond donors (Lipinski definition) is 1. The maximum absolute atomic E-state index is 6.04. The minimum atomic E-state index is 0.528. The first kappa shape index (κ1) is 13.5. The lowest BCUT2D eigenvalue weighted by Crippen LogP contribution is -2.04. The van der Waals surface area contributed by atoms with E-state index in [-0.39, 0.29) is 0 Å². The fraction of sp³-hybridized carbons (Fsp3) is 0.214. The topological polar surface area (TPSA) is 53.1 Å². The molecule has 0 aliphatic carbocycles. The second kappa shape index (κ2) is 5.46. The molecule has 0 radical (unpaired) electrons. The van der Waals surface area contributed by atoms with Crippen molar-refractivity contribution in [3.8, 4) is 5.75 Å². The van der Waals surface area contributed by atoms with Crippen LogP contribution < -0.4 is 10.5 Å². The predicted octanol–water partition coefficient (Wildman–Crippen LogP) is 3.69. The van der Waals surface area contributed by atoms with E-state index in [4.69, 9.17) is 10.5 Å². The Balaban J connectivity index is 1.93. The Bertz CT molecular complexity index is 750. The van der Waals surface area contributed by atoms with Crippen LogP contribution in [0.15, 0.2) is 34.1 Å². The van der Waals surface area contributed by atoms with E-state index < -0.39 is 0 Å². The molecule has 2 N–H and O–H groups in total. The van der Waals surface area contributed by atoms with Crippen molar-refractivity contribution in [3.63, 3.8) is 0 Å². The van der Waals surface area contributed by atoms with Crippen molar-refractivity contribution in [1.82, 2.24) is 9.55 Å². The van der Waals surface area contributed by atoms with Crippen LogP contribution in [0.3, 0.4) is 0 Å². The summed E-state index contributed by atoms with van der Waals surface area (Å²) >= 11 is 5.23. The number of methoxy groups -OCH3 is 1. The van der Waals surface area contributed by atoms with Crippen LogP contribution >= 0.6 is 27.3 Å². The van der Waals surface area contributed by atoms with Gasteiger partial charge in [0.05, 0.1) is 16.4 Å². The maximum atomic E-state index is 6.04. The van der Waals surface area contributed by atoms with Gasteiger partial charge in [0.2, 0.25) is 5.95 Å². The van der Waals surface area contributed by atoms with Gasteiger partial charge >= 0.3 is 0 Å². The van der Waals surface area contributed by atoms with Crippen LogP contribution in [0.1, 0.15) is 4.88 Å². The van der Waals surface area contributed by atoms with Gasteiger partial charge in [-0.05, 0) is 46.6 Å². The zero-order valence-electron chi connectivity index (χ0n) is 11.0. The zero-order valence-corrected chi connectivity index (χ0v) is 13.4. The molecule has 0 aliphatic rings. The molecule has 2 aromatic heterocycles. The Morgan fingerprint density at radius 3 is 2.90 bits per heavy atom. The molecule has 2 heterocycles. The number of nitrogen functional groups attached to an aromatic ring is 1. The van der Waals surface area contributed by atoms with Crippen molar-refractivity contribution in [1.29, 1.82) is 0 Å². The number of anilines is 1. The summed E-state index contributed by atoms with van der Waals surface area (Å²) in [5.41, 5.74) is 7.87. The van der Waals surface area contributed by atoms with E-state index in [2.05, 4.69) is 33.0 Å². The highest BCUT2D eigenvalue weighted by Crippen LogP contribution is 2.28. The van der Waals surface area contributed by atoms with Gasteiger partial charge in [0, 0.05) is 11.4 Å². The second-order valence-electron chi connectivity index (χ2n) is 4.41. The number of halogens is 1. The van der Waals surface area contributed by atoms with E-state index in [0.29, 0.717) is 5.95 Å². The molecule has 0 saturated heterocycles. The summed E-state index contributed by atoms with van der Waals surface area (Å²) in [6.07, 6.45) is 0.934. The molecule has 0 spiro atoms. The summed E-state index contributed by atoms with van der Waals surface area (Å²) in [7, 11) is 1.65. The summed E-state index contributed by atoms with van der Waals surface area (Å²) in [4.78, 5) is 5.73. The number of imidazole rings is 1. The van der Waals surface area contributed by atoms with Gasteiger partial charge < -0.3 is 15.0 Å². The number of hydrogen-bond acceptors (Lipinski definition) is 4. The highest BCUT2D eigenvalue weighted by molar-refractivity contribution is 9.11. The van der Waals surface area contributed by atoms with E-state index in [0.717, 1.165) is 33.5 Å². The molecule has 0 unspecified atom stereocenters. The van der Waals surface area contributed by atoms with Crippen LogP contribution in [-0.2, 0) is 13.0 Å². The quantitative estimate of drug-likeness (QED) is 0.779. The molecule has 4 nitrogen and oxygen atoms in total. The zero-order chi connectivity index (χ0) is 14.1. The summed E-state index contributed by atoms with van der Waals surface area (Å²) in [6, 6.07) is 10.1. The first-order chi connectivity index (χ1) is 9.69. The van der Waals surface area contributed by atoms with Crippen LogP contribution in [0.2, 0.25) is 0 Å². The molecule has 0 amide bonds. The van der Waals surface area contributed by atoms with Gasteiger partial charge in [-0.15, -0.1) is 11.3 Å². The Morgan fingerprint density at radius 2 is 2.20 bits per heavy atom. The third-order valence-electron chi connectivity index (χ3n) is 3.20. The first-order valence-electron chi connectivity index (χ1n) is 6.22. The number of para-hydroxylation sites is 1. The molecule has 0 saturated carbocycles. The monoisotopic (exact) mass is 351 g/mol. The predicted molar refractivity (Wildman–Crippen MR) is 86.4 cm³/mol. The number of rotatable bonds is 4. The van der Waals surface area contributed by atoms with Gasteiger partial charge in [0.15, 0.2) is 0 Å². The van der Waals surface area contributed by atoms with Crippen molar-refractivity contribution in [2.75, 3.05) is 12.8 Å². The van der Waals surface area contributed by atoms with Crippen LogP contribution in [-0.4, -0.2) is 16.7 Å².